The number of esters is 2. The maximum Gasteiger partial charge on any atom is 0.419 e. The molecule has 0 aromatic carbocycles. The van der Waals surface area contributed by atoms with Gasteiger partial charge in [-0.1, -0.05) is 13.2 Å². The summed E-state index contributed by atoms with van der Waals surface area (Å²) in [5.41, 5.74) is -1.13. The molecule has 0 saturated heterocycles. The molecule has 8 aliphatic rings. The average molecular weight is 729 g/mol. The number of aliphatic hydroxyl groups is 1. The van der Waals surface area contributed by atoms with Gasteiger partial charge in [0, 0.05) is 61.2 Å². The number of rotatable bonds is 5. The predicted octanol–water partition coefficient (Wildman–Crippen LogP) is 5.86. The zero-order valence-electron chi connectivity index (χ0n) is 30.4. The van der Waals surface area contributed by atoms with Crippen LogP contribution in [0.25, 0.3) is 0 Å². The van der Waals surface area contributed by atoms with E-state index < -0.39 is 28.5 Å². The molecule has 8 aliphatic carbocycles. The van der Waals surface area contributed by atoms with Crippen LogP contribution >= 0.6 is 0 Å². The lowest BCUT2D eigenvalue weighted by Crippen LogP contribution is -2.62. The topological polar surface area (TPSA) is 170 Å². The standard InChI is InChI=1S/C18H22N2O4.C14H20O3.C7H6N4O/c1-12(2)15(21)23-17-6-13-5-14(7-17)9-18(8-13,10-17)24-16(22)20-4-3-19-11-20;1-9(2)12(15)17-14-6-10-3-11(7-14)5-13(16,4-10)8-14;12-7(10-3-1-8-5-10)11-4-2-9-6-11/h3-4,11,13-14H,1,5-10H2,2H3;10-11,16H,1,3-8H2,2H3;1-6H. The summed E-state index contributed by atoms with van der Waals surface area (Å²) in [6, 6.07) is -0.190. The molecule has 282 valence electrons. The number of hydrogen-bond donors (Lipinski definition) is 1. The Balaban J connectivity index is 0.000000131. The third-order valence-corrected chi connectivity index (χ3v) is 11.7. The van der Waals surface area contributed by atoms with E-state index in [1.807, 2.05) is 0 Å². The van der Waals surface area contributed by atoms with Crippen LogP contribution in [0.3, 0.4) is 0 Å². The summed E-state index contributed by atoms with van der Waals surface area (Å²) >= 11 is 0. The molecule has 4 unspecified atom stereocenters. The molecule has 8 bridgehead atoms. The van der Waals surface area contributed by atoms with E-state index in [0.717, 1.165) is 57.8 Å². The lowest BCUT2D eigenvalue weighted by molar-refractivity contribution is -0.218. The van der Waals surface area contributed by atoms with Crippen LogP contribution in [0, 0.1) is 23.7 Å². The molecule has 53 heavy (non-hydrogen) atoms. The minimum atomic E-state index is -0.570. The first-order chi connectivity index (χ1) is 25.2. The zero-order valence-corrected chi connectivity index (χ0v) is 30.4. The largest absolute Gasteiger partial charge is 0.456 e. The van der Waals surface area contributed by atoms with Gasteiger partial charge in [0.05, 0.1) is 5.60 Å². The highest BCUT2D eigenvalue weighted by Gasteiger charge is 2.62. The van der Waals surface area contributed by atoms with E-state index >= 15 is 0 Å². The number of ether oxygens (including phenoxy) is 3. The van der Waals surface area contributed by atoms with E-state index in [4.69, 9.17) is 14.2 Å². The second-order valence-electron chi connectivity index (χ2n) is 16.6. The normalized spacial score (nSPS) is 33.8. The smallest absolute Gasteiger partial charge is 0.419 e. The van der Waals surface area contributed by atoms with E-state index in [0.29, 0.717) is 47.7 Å². The molecule has 14 heteroatoms. The summed E-state index contributed by atoms with van der Waals surface area (Å²) < 4.78 is 21.6. The van der Waals surface area contributed by atoms with Gasteiger partial charge < -0.3 is 19.3 Å². The fourth-order valence-electron chi connectivity index (χ4n) is 10.6. The molecule has 1 N–H and O–H groups in total. The molecular weight excluding hydrogens is 680 g/mol. The van der Waals surface area contributed by atoms with Crippen molar-refractivity contribution in [3.05, 3.63) is 80.5 Å². The van der Waals surface area contributed by atoms with E-state index in [2.05, 4.69) is 28.1 Å². The molecule has 0 aliphatic heterocycles. The highest BCUT2D eigenvalue weighted by Crippen LogP contribution is 2.61. The van der Waals surface area contributed by atoms with E-state index in [1.165, 1.54) is 39.1 Å². The van der Waals surface area contributed by atoms with Gasteiger partial charge in [0.1, 0.15) is 35.8 Å². The fraction of sp³-hybridized carbons (Fsp3) is 0.564. The third kappa shape index (κ3) is 7.78. The molecule has 0 amide bonds. The molecule has 3 heterocycles. The van der Waals surface area contributed by atoms with Crippen molar-refractivity contribution in [1.82, 2.24) is 28.7 Å². The van der Waals surface area contributed by atoms with Crippen molar-refractivity contribution < 1.29 is 38.5 Å². The third-order valence-electron chi connectivity index (χ3n) is 11.7. The first-order valence-electron chi connectivity index (χ1n) is 18.4. The van der Waals surface area contributed by atoms with E-state index in [9.17, 15) is 24.3 Å². The number of imidazole rings is 3. The van der Waals surface area contributed by atoms with Crippen molar-refractivity contribution in [3.8, 4) is 0 Å². The predicted molar refractivity (Wildman–Crippen MR) is 189 cm³/mol. The monoisotopic (exact) mass is 728 g/mol. The summed E-state index contributed by atoms with van der Waals surface area (Å²) in [6.45, 7) is 10.7. The first kappa shape index (κ1) is 36.5. The average Bonchev–Trinajstić information content (AvgIpc) is 3.87. The maximum absolute atomic E-state index is 12.4. The summed E-state index contributed by atoms with van der Waals surface area (Å²) in [6.07, 6.45) is 24.0. The van der Waals surface area contributed by atoms with Gasteiger partial charge in [-0.25, -0.2) is 38.7 Å². The highest BCUT2D eigenvalue weighted by atomic mass is 16.6. The lowest BCUT2D eigenvalue weighted by Gasteiger charge is -2.60. The fourth-order valence-corrected chi connectivity index (χ4v) is 10.6. The first-order valence-corrected chi connectivity index (χ1v) is 18.4. The molecule has 4 atom stereocenters. The SMILES string of the molecule is C=C(C)C(=O)OC12CC3CC(C1)CC(OC(=O)n1ccnc1)(C3)C2.C=C(C)C(=O)OC12CC3CC(CC(O)(C3)C1)C2.O=C(n1ccnc1)n1ccnc1. The van der Waals surface area contributed by atoms with Crippen LogP contribution in [0.4, 0.5) is 9.59 Å². The van der Waals surface area contributed by atoms with Gasteiger partial charge in [-0.05, 0) is 102 Å². The van der Waals surface area contributed by atoms with Gasteiger partial charge in [-0.2, -0.15) is 0 Å². The number of hydrogen-bond acceptors (Lipinski definition) is 11. The van der Waals surface area contributed by atoms with Crippen LogP contribution in [-0.2, 0) is 23.8 Å². The Bertz CT molecular complexity index is 1800. The Hall–Kier alpha value is -4.85. The summed E-state index contributed by atoms with van der Waals surface area (Å²) in [4.78, 5) is 59.1. The Morgan fingerprint density at radius 2 is 0.981 bits per heavy atom. The van der Waals surface area contributed by atoms with Crippen LogP contribution < -0.4 is 0 Å². The lowest BCUT2D eigenvalue weighted by atomic mass is 9.52. The maximum atomic E-state index is 12.4. The van der Waals surface area contributed by atoms with Crippen molar-refractivity contribution in [3.63, 3.8) is 0 Å². The van der Waals surface area contributed by atoms with Crippen LogP contribution in [0.5, 0.6) is 0 Å². The number of nitrogens with zero attached hydrogens (tertiary/aromatic N) is 6. The molecule has 3 aromatic rings. The summed E-state index contributed by atoms with van der Waals surface area (Å²) in [5.74, 6) is 1.33. The highest BCUT2D eigenvalue weighted by molar-refractivity contribution is 5.87. The molecule has 0 radical (unpaired) electrons. The molecule has 8 fully saturated rings. The Kier molecular flexibility index (Phi) is 9.54. The van der Waals surface area contributed by atoms with Crippen molar-refractivity contribution in [2.75, 3.05) is 0 Å². The van der Waals surface area contributed by atoms with Crippen LogP contribution in [-0.4, -0.2) is 80.2 Å². The zero-order chi connectivity index (χ0) is 37.6. The summed E-state index contributed by atoms with van der Waals surface area (Å²) in [7, 11) is 0. The van der Waals surface area contributed by atoms with Crippen LogP contribution in [0.1, 0.15) is 90.9 Å². The number of carbonyl (C=O) groups excluding carboxylic acids is 4. The Labute approximate surface area is 308 Å². The van der Waals surface area contributed by atoms with E-state index in [-0.39, 0.29) is 18.0 Å². The minimum Gasteiger partial charge on any atom is -0.456 e. The number of aromatic nitrogens is 6. The van der Waals surface area contributed by atoms with Crippen LogP contribution in [0.2, 0.25) is 0 Å². The van der Waals surface area contributed by atoms with Crippen molar-refractivity contribution in [2.45, 2.75) is 113 Å². The molecular formula is C39H48N6O8. The van der Waals surface area contributed by atoms with Crippen LogP contribution in [0.15, 0.2) is 80.5 Å². The van der Waals surface area contributed by atoms with Gasteiger partial charge in [-0.3, -0.25) is 9.13 Å². The van der Waals surface area contributed by atoms with E-state index in [1.54, 1.807) is 51.0 Å². The quantitative estimate of drug-likeness (QED) is 0.190. The molecule has 14 nitrogen and oxygen atoms in total. The van der Waals surface area contributed by atoms with Gasteiger partial charge in [0.25, 0.3) is 0 Å². The minimum absolute atomic E-state index is 0.190. The molecule has 3 aromatic heterocycles. The Morgan fingerprint density at radius 3 is 1.36 bits per heavy atom. The van der Waals surface area contributed by atoms with Crippen molar-refractivity contribution >= 4 is 24.1 Å². The second-order valence-corrected chi connectivity index (χ2v) is 16.6. The Morgan fingerprint density at radius 1 is 0.604 bits per heavy atom. The van der Waals surface area contributed by atoms with Gasteiger partial charge in [0.15, 0.2) is 0 Å². The van der Waals surface area contributed by atoms with Crippen molar-refractivity contribution in [2.24, 2.45) is 23.7 Å². The molecule has 0 spiro atoms. The summed E-state index contributed by atoms with van der Waals surface area (Å²) in [5, 5.41) is 10.5. The molecule has 11 rings (SSSR count). The molecule has 8 saturated carbocycles. The van der Waals surface area contributed by atoms with Gasteiger partial charge in [-0.15, -0.1) is 0 Å². The second kappa shape index (κ2) is 13.9. The van der Waals surface area contributed by atoms with Gasteiger partial charge >= 0.3 is 24.1 Å². The number of carbonyl (C=O) groups is 4. The van der Waals surface area contributed by atoms with Gasteiger partial charge in [0.2, 0.25) is 0 Å². The van der Waals surface area contributed by atoms with Crippen molar-refractivity contribution in [1.29, 1.82) is 0 Å².